The minimum Gasteiger partial charge on any atom is -0.395 e. The summed E-state index contributed by atoms with van der Waals surface area (Å²) < 4.78 is 0. The first-order valence-corrected chi connectivity index (χ1v) is 6.42. The zero-order valence-corrected chi connectivity index (χ0v) is 10.6. The Labute approximate surface area is 103 Å². The number of aliphatic hydroxyl groups excluding tert-OH is 2. The second kappa shape index (κ2) is 7.63. The molecule has 0 aromatic heterocycles. The fraction of sp³-hybridized carbons (Fsp3) is 0.917. The molecule has 1 aliphatic heterocycles. The largest absolute Gasteiger partial charge is 0.395 e. The summed E-state index contributed by atoms with van der Waals surface area (Å²) in [7, 11) is 0. The first-order chi connectivity index (χ1) is 8.13. The lowest BCUT2D eigenvalue weighted by Gasteiger charge is -2.21. The first-order valence-electron chi connectivity index (χ1n) is 6.42. The summed E-state index contributed by atoms with van der Waals surface area (Å²) in [6.45, 7) is 5.88. The van der Waals surface area contributed by atoms with Gasteiger partial charge in [-0.25, -0.2) is 0 Å². The van der Waals surface area contributed by atoms with Gasteiger partial charge in [-0.2, -0.15) is 0 Å². The van der Waals surface area contributed by atoms with E-state index < -0.39 is 6.10 Å². The van der Waals surface area contributed by atoms with Crippen LogP contribution >= 0.6 is 0 Å². The monoisotopic (exact) mass is 244 g/mol. The number of rotatable bonds is 5. The zero-order valence-electron chi connectivity index (χ0n) is 10.6. The molecule has 1 heterocycles. The normalized spacial score (nSPS) is 20.1. The number of aliphatic hydroxyl groups is 2. The van der Waals surface area contributed by atoms with Crippen LogP contribution in [0.15, 0.2) is 0 Å². The topological polar surface area (TPSA) is 64.0 Å². The van der Waals surface area contributed by atoms with Gasteiger partial charge >= 0.3 is 0 Å². The van der Waals surface area contributed by atoms with Crippen LogP contribution in [-0.2, 0) is 4.79 Å². The van der Waals surface area contributed by atoms with Crippen molar-refractivity contribution < 1.29 is 15.0 Å². The van der Waals surface area contributed by atoms with Crippen LogP contribution in [0.5, 0.6) is 0 Å². The van der Waals surface area contributed by atoms with Crippen LogP contribution in [0.1, 0.15) is 26.2 Å². The van der Waals surface area contributed by atoms with Crippen LogP contribution in [0.2, 0.25) is 0 Å². The van der Waals surface area contributed by atoms with Crippen LogP contribution in [0.4, 0.5) is 0 Å². The van der Waals surface area contributed by atoms with E-state index >= 15 is 0 Å². The molecule has 100 valence electrons. The van der Waals surface area contributed by atoms with Gasteiger partial charge in [-0.05, 0) is 26.3 Å². The van der Waals surface area contributed by atoms with Gasteiger partial charge in [0.25, 0.3) is 0 Å². The molecule has 0 aromatic rings. The lowest BCUT2D eigenvalue weighted by Crippen LogP contribution is -2.36. The molecule has 5 nitrogen and oxygen atoms in total. The van der Waals surface area contributed by atoms with Crippen molar-refractivity contribution in [3.05, 3.63) is 0 Å². The van der Waals surface area contributed by atoms with Crippen LogP contribution in [0.3, 0.4) is 0 Å². The number of hydrogen-bond acceptors (Lipinski definition) is 4. The van der Waals surface area contributed by atoms with Crippen LogP contribution in [-0.4, -0.2) is 71.4 Å². The summed E-state index contributed by atoms with van der Waals surface area (Å²) >= 11 is 0. The van der Waals surface area contributed by atoms with E-state index in [1.54, 1.807) is 6.92 Å². The Morgan fingerprint density at radius 3 is 2.71 bits per heavy atom. The Morgan fingerprint density at radius 1 is 1.29 bits per heavy atom. The lowest BCUT2D eigenvalue weighted by atomic mass is 10.2. The summed E-state index contributed by atoms with van der Waals surface area (Å²) in [5.74, 6) is 0.136. The van der Waals surface area contributed by atoms with Crippen molar-refractivity contribution >= 4 is 5.91 Å². The average molecular weight is 244 g/mol. The highest BCUT2D eigenvalue weighted by Gasteiger charge is 2.18. The maximum atomic E-state index is 11.9. The fourth-order valence-electron chi connectivity index (χ4n) is 2.08. The molecule has 0 spiro atoms. The Balaban J connectivity index is 2.32. The van der Waals surface area contributed by atoms with E-state index in [9.17, 15) is 4.79 Å². The van der Waals surface area contributed by atoms with Gasteiger partial charge in [0, 0.05) is 32.6 Å². The molecule has 17 heavy (non-hydrogen) atoms. The van der Waals surface area contributed by atoms with Crippen molar-refractivity contribution in [3.8, 4) is 0 Å². The quantitative estimate of drug-likeness (QED) is 0.695. The van der Waals surface area contributed by atoms with E-state index in [0.29, 0.717) is 19.4 Å². The molecule has 1 aliphatic rings. The van der Waals surface area contributed by atoms with E-state index in [0.717, 1.165) is 32.6 Å². The second-order valence-electron chi connectivity index (χ2n) is 4.69. The van der Waals surface area contributed by atoms with Crippen molar-refractivity contribution in [2.75, 3.05) is 39.3 Å². The van der Waals surface area contributed by atoms with E-state index in [2.05, 4.69) is 4.90 Å². The number of β-amino-alcohol motifs (C(OH)–C–C–N with tert-alkyl or cyclic N) is 1. The molecule has 0 aromatic carbocycles. The molecule has 0 bridgehead atoms. The van der Waals surface area contributed by atoms with Gasteiger partial charge in [0.2, 0.25) is 5.91 Å². The van der Waals surface area contributed by atoms with E-state index in [1.165, 1.54) is 0 Å². The maximum absolute atomic E-state index is 11.9. The van der Waals surface area contributed by atoms with Crippen LogP contribution in [0.25, 0.3) is 0 Å². The highest BCUT2D eigenvalue weighted by molar-refractivity contribution is 5.76. The fourth-order valence-corrected chi connectivity index (χ4v) is 2.08. The second-order valence-corrected chi connectivity index (χ2v) is 4.69. The van der Waals surface area contributed by atoms with Gasteiger partial charge in [0.05, 0.1) is 12.7 Å². The van der Waals surface area contributed by atoms with E-state index in [1.807, 2.05) is 4.90 Å². The highest BCUT2D eigenvalue weighted by Crippen LogP contribution is 2.07. The molecule has 1 saturated heterocycles. The molecule has 1 amide bonds. The molecule has 1 rings (SSSR count). The van der Waals surface area contributed by atoms with Crippen molar-refractivity contribution in [1.82, 2.24) is 9.80 Å². The third-order valence-corrected chi connectivity index (χ3v) is 3.13. The molecule has 0 aliphatic carbocycles. The first kappa shape index (κ1) is 14.4. The van der Waals surface area contributed by atoms with Crippen LogP contribution in [0, 0.1) is 0 Å². The van der Waals surface area contributed by atoms with Gasteiger partial charge in [0.15, 0.2) is 0 Å². The molecule has 1 atom stereocenters. The Hall–Kier alpha value is -0.650. The Bertz CT molecular complexity index is 234. The Morgan fingerprint density at radius 2 is 2.06 bits per heavy atom. The van der Waals surface area contributed by atoms with Gasteiger partial charge in [0.1, 0.15) is 0 Å². The predicted octanol–water partition coefficient (Wildman–Crippen LogP) is -0.326. The molecule has 1 fully saturated rings. The summed E-state index contributed by atoms with van der Waals surface area (Å²) in [5, 5.41) is 18.0. The van der Waals surface area contributed by atoms with E-state index in [4.69, 9.17) is 10.2 Å². The molecule has 1 unspecified atom stereocenters. The smallest absolute Gasteiger partial charge is 0.222 e. The SMILES string of the molecule is CC(O)CCC(=O)N1CCCN(CCO)CC1. The van der Waals surface area contributed by atoms with Crippen molar-refractivity contribution in [1.29, 1.82) is 0 Å². The zero-order chi connectivity index (χ0) is 12.7. The van der Waals surface area contributed by atoms with Crippen molar-refractivity contribution in [2.45, 2.75) is 32.3 Å². The number of carbonyl (C=O) groups excluding carboxylic acids is 1. The lowest BCUT2D eigenvalue weighted by molar-refractivity contribution is -0.131. The van der Waals surface area contributed by atoms with Gasteiger partial charge in [-0.1, -0.05) is 0 Å². The number of carbonyl (C=O) groups is 1. The third-order valence-electron chi connectivity index (χ3n) is 3.13. The summed E-state index contributed by atoms with van der Waals surface area (Å²) in [6, 6.07) is 0. The van der Waals surface area contributed by atoms with Gasteiger partial charge in [-0.3, -0.25) is 9.69 Å². The van der Waals surface area contributed by atoms with E-state index in [-0.39, 0.29) is 12.5 Å². The summed E-state index contributed by atoms with van der Waals surface area (Å²) in [4.78, 5) is 15.9. The molecule has 2 N–H and O–H groups in total. The minimum absolute atomic E-state index is 0.136. The minimum atomic E-state index is -0.406. The standard InChI is InChI=1S/C12H24N2O3/c1-11(16)3-4-12(17)14-6-2-5-13(7-8-14)9-10-15/h11,15-16H,2-10H2,1H3. The molecular weight excluding hydrogens is 220 g/mol. The van der Waals surface area contributed by atoms with Gasteiger partial charge in [-0.15, -0.1) is 0 Å². The average Bonchev–Trinajstić information content (AvgIpc) is 2.52. The number of hydrogen-bond donors (Lipinski definition) is 2. The molecular formula is C12H24N2O3. The number of amides is 1. The number of nitrogens with zero attached hydrogens (tertiary/aromatic N) is 2. The van der Waals surface area contributed by atoms with Crippen LogP contribution < -0.4 is 0 Å². The maximum Gasteiger partial charge on any atom is 0.222 e. The molecule has 0 saturated carbocycles. The predicted molar refractivity (Wildman–Crippen MR) is 65.6 cm³/mol. The summed E-state index contributed by atoms with van der Waals surface area (Å²) in [5.41, 5.74) is 0. The highest BCUT2D eigenvalue weighted by atomic mass is 16.3. The van der Waals surface area contributed by atoms with Crippen molar-refractivity contribution in [2.24, 2.45) is 0 Å². The third kappa shape index (κ3) is 5.48. The molecule has 0 radical (unpaired) electrons. The summed E-state index contributed by atoms with van der Waals surface area (Å²) in [6.07, 6.45) is 1.52. The Kier molecular flexibility index (Phi) is 6.47. The van der Waals surface area contributed by atoms with Crippen molar-refractivity contribution in [3.63, 3.8) is 0 Å². The molecule has 5 heteroatoms. The van der Waals surface area contributed by atoms with Gasteiger partial charge < -0.3 is 15.1 Å².